The first kappa shape index (κ1) is 7.21. The standard InChI is InChI=1S/C6H11NO/c1-3-4-5-6(8)7-2/h3-4H,5H2,1-2H3,(H,7,8)/b4-3+. The van der Waals surface area contributed by atoms with Crippen molar-refractivity contribution in [2.24, 2.45) is 0 Å². The number of allylic oxidation sites excluding steroid dienone is 1. The van der Waals surface area contributed by atoms with E-state index in [1.54, 1.807) is 7.05 Å². The number of carbonyl (C=O) groups excluding carboxylic acids is 1. The maximum atomic E-state index is 10.4. The molecule has 0 saturated carbocycles. The minimum Gasteiger partial charge on any atom is -0.359 e. The summed E-state index contributed by atoms with van der Waals surface area (Å²) in [5.74, 6) is 0.0584. The Bertz CT molecular complexity index is 96.7. The van der Waals surface area contributed by atoms with Gasteiger partial charge in [-0.25, -0.2) is 0 Å². The molecule has 0 radical (unpaired) electrons. The minimum absolute atomic E-state index is 0.0584. The van der Waals surface area contributed by atoms with E-state index in [9.17, 15) is 4.79 Å². The lowest BCUT2D eigenvalue weighted by Crippen LogP contribution is -2.15. The van der Waals surface area contributed by atoms with Crippen LogP contribution in [0.5, 0.6) is 0 Å². The van der Waals surface area contributed by atoms with Gasteiger partial charge in [0.1, 0.15) is 0 Å². The van der Waals surface area contributed by atoms with Crippen molar-refractivity contribution in [2.75, 3.05) is 7.05 Å². The Labute approximate surface area is 49.6 Å². The first-order chi connectivity index (χ1) is 3.81. The van der Waals surface area contributed by atoms with E-state index in [0.29, 0.717) is 6.42 Å². The van der Waals surface area contributed by atoms with Gasteiger partial charge in [0.25, 0.3) is 0 Å². The third-order valence-corrected chi connectivity index (χ3v) is 0.818. The van der Waals surface area contributed by atoms with Gasteiger partial charge in [-0.05, 0) is 6.92 Å². The first-order valence-corrected chi connectivity index (χ1v) is 2.63. The molecule has 1 N–H and O–H groups in total. The van der Waals surface area contributed by atoms with Gasteiger partial charge in [0.2, 0.25) is 5.91 Å². The summed E-state index contributed by atoms with van der Waals surface area (Å²) in [5.41, 5.74) is 0. The van der Waals surface area contributed by atoms with Gasteiger partial charge in [-0.3, -0.25) is 4.79 Å². The van der Waals surface area contributed by atoms with Gasteiger partial charge in [-0.1, -0.05) is 12.2 Å². The van der Waals surface area contributed by atoms with Crippen molar-refractivity contribution < 1.29 is 4.79 Å². The van der Waals surface area contributed by atoms with Crippen molar-refractivity contribution >= 4 is 5.91 Å². The molecule has 46 valence electrons. The molecule has 0 aliphatic heterocycles. The molecule has 0 aliphatic rings. The Balaban J connectivity index is 3.25. The predicted molar refractivity (Wildman–Crippen MR) is 33.5 cm³/mol. The Hall–Kier alpha value is -0.790. The number of amides is 1. The van der Waals surface area contributed by atoms with E-state index >= 15 is 0 Å². The quantitative estimate of drug-likeness (QED) is 0.525. The third-order valence-electron chi connectivity index (χ3n) is 0.818. The van der Waals surface area contributed by atoms with Crippen molar-refractivity contribution in [2.45, 2.75) is 13.3 Å². The van der Waals surface area contributed by atoms with E-state index < -0.39 is 0 Å². The zero-order valence-corrected chi connectivity index (χ0v) is 5.27. The van der Waals surface area contributed by atoms with Crippen LogP contribution in [0.4, 0.5) is 0 Å². The highest BCUT2D eigenvalue weighted by atomic mass is 16.1. The lowest BCUT2D eigenvalue weighted by molar-refractivity contribution is -0.119. The van der Waals surface area contributed by atoms with E-state index in [-0.39, 0.29) is 5.91 Å². The van der Waals surface area contributed by atoms with Gasteiger partial charge >= 0.3 is 0 Å². The van der Waals surface area contributed by atoms with Gasteiger partial charge in [-0.15, -0.1) is 0 Å². The van der Waals surface area contributed by atoms with Gasteiger partial charge in [-0.2, -0.15) is 0 Å². The van der Waals surface area contributed by atoms with Gasteiger partial charge in [0.15, 0.2) is 0 Å². The van der Waals surface area contributed by atoms with Gasteiger partial charge in [0, 0.05) is 13.5 Å². The van der Waals surface area contributed by atoms with Gasteiger partial charge < -0.3 is 5.32 Å². The fourth-order valence-electron chi connectivity index (χ4n) is 0.327. The highest BCUT2D eigenvalue weighted by Gasteiger charge is 1.88. The summed E-state index contributed by atoms with van der Waals surface area (Å²) in [7, 11) is 1.63. The van der Waals surface area contributed by atoms with Crippen molar-refractivity contribution in [1.29, 1.82) is 0 Å². The summed E-state index contributed by atoms with van der Waals surface area (Å²) >= 11 is 0. The Morgan fingerprint density at radius 1 is 1.75 bits per heavy atom. The zero-order chi connectivity index (χ0) is 6.41. The molecule has 0 heterocycles. The summed E-state index contributed by atoms with van der Waals surface area (Å²) in [6.07, 6.45) is 4.17. The molecule has 0 spiro atoms. The van der Waals surface area contributed by atoms with Crippen molar-refractivity contribution in [1.82, 2.24) is 5.32 Å². The molecular formula is C6H11NO. The molecule has 0 unspecified atom stereocenters. The molecule has 0 saturated heterocycles. The molecular weight excluding hydrogens is 102 g/mol. The summed E-state index contributed by atoms with van der Waals surface area (Å²) in [6, 6.07) is 0. The fourth-order valence-corrected chi connectivity index (χ4v) is 0.327. The van der Waals surface area contributed by atoms with Crippen LogP contribution in [-0.2, 0) is 4.79 Å². The largest absolute Gasteiger partial charge is 0.359 e. The van der Waals surface area contributed by atoms with Crippen LogP contribution in [0.15, 0.2) is 12.2 Å². The van der Waals surface area contributed by atoms with E-state index in [1.165, 1.54) is 0 Å². The molecule has 0 aromatic rings. The van der Waals surface area contributed by atoms with Crippen LogP contribution in [0.3, 0.4) is 0 Å². The highest BCUT2D eigenvalue weighted by Crippen LogP contribution is 1.79. The molecule has 0 fully saturated rings. The average Bonchev–Trinajstić information content (AvgIpc) is 1.83. The Morgan fingerprint density at radius 2 is 2.38 bits per heavy atom. The topological polar surface area (TPSA) is 29.1 Å². The number of carbonyl (C=O) groups is 1. The normalized spacial score (nSPS) is 9.75. The molecule has 2 heteroatoms. The molecule has 0 rings (SSSR count). The van der Waals surface area contributed by atoms with Crippen LogP contribution >= 0.6 is 0 Å². The monoisotopic (exact) mass is 113 g/mol. The second-order valence-corrected chi connectivity index (χ2v) is 1.45. The molecule has 2 nitrogen and oxygen atoms in total. The maximum Gasteiger partial charge on any atom is 0.223 e. The Morgan fingerprint density at radius 3 is 2.75 bits per heavy atom. The van der Waals surface area contributed by atoms with E-state index in [2.05, 4.69) is 5.32 Å². The molecule has 0 atom stereocenters. The van der Waals surface area contributed by atoms with Crippen molar-refractivity contribution in [3.05, 3.63) is 12.2 Å². The van der Waals surface area contributed by atoms with Crippen LogP contribution in [0.2, 0.25) is 0 Å². The second kappa shape index (κ2) is 4.37. The Kier molecular flexibility index (Phi) is 3.94. The lowest BCUT2D eigenvalue weighted by Gasteiger charge is -1.89. The number of nitrogens with one attached hydrogen (secondary N) is 1. The van der Waals surface area contributed by atoms with E-state index in [4.69, 9.17) is 0 Å². The second-order valence-electron chi connectivity index (χ2n) is 1.45. The van der Waals surface area contributed by atoms with Crippen molar-refractivity contribution in [3.8, 4) is 0 Å². The van der Waals surface area contributed by atoms with Crippen LogP contribution < -0.4 is 5.32 Å². The van der Waals surface area contributed by atoms with Crippen molar-refractivity contribution in [3.63, 3.8) is 0 Å². The summed E-state index contributed by atoms with van der Waals surface area (Å²) in [6.45, 7) is 1.89. The highest BCUT2D eigenvalue weighted by molar-refractivity contribution is 5.76. The third kappa shape index (κ3) is 3.40. The van der Waals surface area contributed by atoms with E-state index in [1.807, 2.05) is 19.1 Å². The number of rotatable bonds is 2. The molecule has 1 amide bonds. The summed E-state index contributed by atoms with van der Waals surface area (Å²) < 4.78 is 0. The zero-order valence-electron chi connectivity index (χ0n) is 5.27. The molecule has 0 aliphatic carbocycles. The molecule has 8 heavy (non-hydrogen) atoms. The maximum absolute atomic E-state index is 10.4. The number of hydrogen-bond acceptors (Lipinski definition) is 1. The first-order valence-electron chi connectivity index (χ1n) is 2.63. The molecule has 0 bridgehead atoms. The minimum atomic E-state index is 0.0584. The summed E-state index contributed by atoms with van der Waals surface area (Å²) in [5, 5.41) is 2.51. The lowest BCUT2D eigenvalue weighted by atomic mass is 10.4. The SMILES string of the molecule is C/C=C/CC(=O)NC. The van der Waals surface area contributed by atoms with Crippen LogP contribution in [0.25, 0.3) is 0 Å². The van der Waals surface area contributed by atoms with Crippen LogP contribution in [0, 0.1) is 0 Å². The van der Waals surface area contributed by atoms with E-state index in [0.717, 1.165) is 0 Å². The smallest absolute Gasteiger partial charge is 0.223 e. The average molecular weight is 113 g/mol. The summed E-state index contributed by atoms with van der Waals surface area (Å²) in [4.78, 5) is 10.4. The molecule has 0 aromatic carbocycles. The predicted octanol–water partition coefficient (Wildman–Crippen LogP) is 0.699. The van der Waals surface area contributed by atoms with Gasteiger partial charge in [0.05, 0.1) is 0 Å². The van der Waals surface area contributed by atoms with Crippen LogP contribution in [-0.4, -0.2) is 13.0 Å². The fraction of sp³-hybridized carbons (Fsp3) is 0.500. The molecule has 0 aromatic heterocycles. The van der Waals surface area contributed by atoms with Crippen LogP contribution in [0.1, 0.15) is 13.3 Å². The number of hydrogen-bond donors (Lipinski definition) is 1.